The van der Waals surface area contributed by atoms with Crippen molar-refractivity contribution in [1.29, 1.82) is 2.86 Å². The van der Waals surface area contributed by atoms with Crippen molar-refractivity contribution < 1.29 is 336 Å². The Kier molecular flexibility index (Phi) is 101. The number of alkyl halides is 1. The van der Waals surface area contributed by atoms with Gasteiger partial charge in [0.2, 0.25) is 11.3 Å². The predicted octanol–water partition coefficient (Wildman–Crippen LogP) is -10.3. The van der Waals surface area contributed by atoms with Gasteiger partial charge >= 0.3 is 127 Å². The number of carboxylic acids is 9. The van der Waals surface area contributed by atoms with Gasteiger partial charge in [-0.1, -0.05) is 120 Å². The minimum Gasteiger partial charge on any atom is -1.00 e. The molecule has 45 heteroatoms. The normalized spacial score (nSPS) is 14.2. The van der Waals surface area contributed by atoms with Gasteiger partial charge in [-0.3, -0.25) is 52.7 Å². The molecule has 14 N–H and O–H groups in total. The number of ether oxygens (including phenoxy) is 3. The number of rotatable bonds is 34. The molecule has 0 bridgehead atoms. The Balaban J connectivity index is -0.0000000298. The van der Waals surface area contributed by atoms with Crippen molar-refractivity contribution in [2.75, 3.05) is 24.8 Å². The average molecular weight is 1860 g/mol. The largest absolute Gasteiger partial charge is 1.00 e. The molecule has 0 aliphatic heterocycles. The van der Waals surface area contributed by atoms with Crippen molar-refractivity contribution in [3.05, 3.63) is 0 Å². The maximum absolute atomic E-state index is 10.8. The van der Waals surface area contributed by atoms with E-state index < -0.39 is 180 Å². The number of carbonyl (C=O) groups is 20. The number of nitrogens with two attached hydrogens (primary N) is 1. The van der Waals surface area contributed by atoms with Gasteiger partial charge in [0.05, 0.1) is 43.6 Å². The van der Waals surface area contributed by atoms with Crippen molar-refractivity contribution >= 4 is 142 Å². The van der Waals surface area contributed by atoms with E-state index in [4.69, 9.17) is 60.7 Å². The third-order valence-corrected chi connectivity index (χ3v) is 9.96. The monoisotopic (exact) mass is 1860 g/mol. The molecule has 12 atom stereocenters. The molecule has 42 nitrogen and oxygen atoms in total. The van der Waals surface area contributed by atoms with Gasteiger partial charge in [-0.25, -0.2) is 4.79 Å². The van der Waals surface area contributed by atoms with Crippen LogP contribution in [0.15, 0.2) is 0 Å². The number of aliphatic carboxylic acids is 9. The molecule has 0 saturated carbocycles. The fourth-order valence-corrected chi connectivity index (χ4v) is 4.01. The van der Waals surface area contributed by atoms with Crippen LogP contribution in [0, 0.1) is 53.3 Å². The second kappa shape index (κ2) is 98.6. The molecule has 0 aromatic rings. The van der Waals surface area contributed by atoms with Crippen LogP contribution < -0.4 is 161 Å². The zero-order chi connectivity index (χ0) is 105. The number of carboxylic acid groups (broad SMARTS) is 10. The van der Waals surface area contributed by atoms with Crippen LogP contribution in [0.4, 0.5) is 0 Å². The van der Waals surface area contributed by atoms with Gasteiger partial charge in [0, 0.05) is 61.6 Å². The van der Waals surface area contributed by atoms with Crippen LogP contribution in [0.25, 0.3) is 0 Å². The smallest absolute Gasteiger partial charge is 1.00 e. The minimum absolute atomic E-state index is 0. The maximum Gasteiger partial charge on any atom is 1.00 e. The van der Waals surface area contributed by atoms with Crippen molar-refractivity contribution in [3.63, 3.8) is 0 Å². The van der Waals surface area contributed by atoms with Crippen LogP contribution >= 0.6 is 22.6 Å². The SMILES string of the molecule is CC(C)C(=O)C(=O)[O-].CCOC(=O)C(C)(O)C(C)=O.CCOC(=O)C(C)C(C)=O.CCOC(=O)CC(C)=O.CI.O=CO.O=CO[O-].[2HH].[2HH].[2HH].[2HH].[2HH].[2HH].[2HH].[2HH].[2HH].[2HH].[2HH].[2HH].[2H]N([2H])[C@H](C(=O)[O-])C(C)C.[2H]N[2H].[2H]O.[2H]O.[2H]OC(C)(C(C)=O)C(=O)[O-].[2H]O[C@@H](C(=O)[O-])[C@@H](C(=O)O)C(C)C.[2H][C@H](C(=O)C(=O)[O-])C(C)C.[2H][C@H](C(=O)[O-])C(C)C.[2H][C@H](C(C)C)[C@@H]([2H])C(=O)[O-].[2H][C@H](C(C)C)[C@@H]([2H])C(=O)[O-].[H-].[K+].[K+]. The molecule has 0 spiro atoms. The Bertz CT molecular complexity index is 2980. The van der Waals surface area contributed by atoms with Crippen LogP contribution in [-0.2, 0) is 115 Å². The van der Waals surface area contributed by atoms with Crippen molar-refractivity contribution in [2.45, 2.75) is 234 Å². The first-order chi connectivity index (χ1) is 56.7. The Morgan fingerprint density at radius 1 is 0.611 bits per heavy atom. The minimum atomic E-state index is -2.12. The number of hydrogen-bond donors (Lipinski definition) is 7. The number of esters is 3. The average Bonchev–Trinajstić information content (AvgIpc) is 0.997. The molecule has 3 unspecified atom stereocenters. The summed E-state index contributed by atoms with van der Waals surface area (Å²) in [5.41, 5.74) is 8.54. The molecule has 0 radical (unpaired) electrons. The van der Waals surface area contributed by atoms with Gasteiger partial charge in [0.25, 0.3) is 12.9 Å². The van der Waals surface area contributed by atoms with Crippen LogP contribution in [0.3, 0.4) is 0 Å². The van der Waals surface area contributed by atoms with Gasteiger partial charge in [-0.2, -0.15) is 0 Å². The molecule has 0 fully saturated rings. The molecule has 0 rings (SSSR count). The quantitative estimate of drug-likeness (QED) is 0.00301. The molecule has 0 amide bonds. The Labute approximate surface area is 798 Å². The first-order valence-corrected chi connectivity index (χ1v) is 33.5. The van der Waals surface area contributed by atoms with Crippen LogP contribution in [0.2, 0.25) is 5.65 Å². The standard InChI is InChI=1S/C7H12O5.C7H12O4.C7H12O3.2C6H10O3.2C6H12O2.C5H11NO2.C5H8O4.C5H8O3.C5H10O2.CH3I.CH2O3.CH2O2.2K.H3N.2H2O.12H2.H/c1-3(2)4(6(9)10)5(8)7(11)12;1-4-11-6(9)7(3,10)5(2)8;1-4-10-7(9)5(2)6(3)8;1-4(2)3-5(7)6(8)9;1-3-9-6(8)4-5(2)7;2*1-5(2)3-4-6(7)8;1-3(2)4(6)5(7)8;1-3(6)5(2,9)4(7)8;1-3(2)4(6)5(7)8;1-4(2)3-5(6)7;1-2;2-1-4-3;2-1-3;;;;;;;;;;;;;;;;;;/h3-5,8H,1-2H3,(H,9,10)(H,11,12);10H,4H2,1-3H3;5H,4H2,1-3H3;4H,3H2,1-2H3,(H,8,9);3-4H2,1-2H3;2*5H,3-4H2,1-2H3,(H,7,8);3-4H,6H2,1-2H3,(H,7,8);9H,1-2H3,(H,7,8);3H,1-2H3,(H,7,8);4H,3H2,1-2H3,(H,6,7);1H3;1,3H;1H,(H,2,3);;;1H3;2*1H2;12*1H;/q;;;;;;;;;;;;;;2*+1;;;;;;;;;;;;;;;;-1/p-9/t4-,5+;;;;;;;4-;;;;;;;;;;;;;;;;;;;;;;;;/m0......0......................../s1/i8D;;;3D;;2*3D,4D;;9D;;3D;;;;;;;;;12*1+1;/hD6/tm;;;3-;;2*3-,4+;m;;;3-;;;;;;;;;;;;;;;;;;;;;/m0..0.000..0...................../s1. The van der Waals surface area contributed by atoms with Crippen LogP contribution in [-0.4, -0.2) is 207 Å². The first-order valence-electron chi connectivity index (χ1n) is 38.4. The van der Waals surface area contributed by atoms with E-state index in [9.17, 15) is 127 Å². The third-order valence-electron chi connectivity index (χ3n) is 9.96. The zero-order valence-electron chi connectivity index (χ0n) is 83.6. The summed E-state index contributed by atoms with van der Waals surface area (Å²) in [6, 6.07) is -1.14. The molecule has 113 heavy (non-hydrogen) atoms. The summed E-state index contributed by atoms with van der Waals surface area (Å²) in [6.45, 7) is 36.7. The molecular formula is C68H147IK2N2O40-8. The van der Waals surface area contributed by atoms with Crippen molar-refractivity contribution in [3.8, 4) is 0 Å². The predicted molar refractivity (Wildman–Crippen MR) is 409 cm³/mol. The van der Waals surface area contributed by atoms with E-state index in [0.717, 1.165) is 27.7 Å². The number of carbonyl (C=O) groups excluding carboxylic acids is 18. The van der Waals surface area contributed by atoms with Gasteiger partial charge in [-0.15, -0.1) is 0 Å². The summed E-state index contributed by atoms with van der Waals surface area (Å²) < 4.78 is 102. The summed E-state index contributed by atoms with van der Waals surface area (Å²) in [4.78, 5) is 207. The fourth-order valence-electron chi connectivity index (χ4n) is 4.01. The number of aliphatic hydroxyl groups is 3. The number of aliphatic hydroxyl groups excluding tert-OH is 1. The van der Waals surface area contributed by atoms with Crippen molar-refractivity contribution in [2.24, 2.45) is 59.0 Å². The van der Waals surface area contributed by atoms with Crippen LogP contribution in [0.5, 0.6) is 0 Å². The third kappa shape index (κ3) is 130. The van der Waals surface area contributed by atoms with Gasteiger partial charge < -0.3 is 153 Å². The molecule has 686 valence electrons. The summed E-state index contributed by atoms with van der Waals surface area (Å²) in [5, 5.41) is 121. The summed E-state index contributed by atoms with van der Waals surface area (Å²) in [5.74, 6) is -22.8. The molecule has 0 aliphatic rings. The summed E-state index contributed by atoms with van der Waals surface area (Å²) in [6.07, 6.45) is -7.44. The topological polar surface area (TPSA) is 811 Å². The second-order valence-electron chi connectivity index (χ2n) is 22.6. The maximum atomic E-state index is 10.8. The Morgan fingerprint density at radius 3 is 1.07 bits per heavy atom. The molecule has 0 heterocycles. The molecule has 0 aromatic heterocycles. The molecule has 0 saturated heterocycles. The van der Waals surface area contributed by atoms with E-state index in [1.54, 1.807) is 96.9 Å². The summed E-state index contributed by atoms with van der Waals surface area (Å²) >= 11 is 2.15. The van der Waals surface area contributed by atoms with E-state index in [-0.39, 0.29) is 194 Å². The zero-order valence-corrected chi connectivity index (χ0v) is 77.1. The number of halogens is 1. The number of hydrogen-bond acceptors (Lipinski definition) is 38. The Hall–Kier alpha value is -5.72. The first kappa shape index (κ1) is 116. The van der Waals surface area contributed by atoms with Gasteiger partial charge in [-0.05, 0) is 142 Å². The fraction of sp³-hybridized carbons (Fsp3) is 0.706. The number of ketones is 6. The van der Waals surface area contributed by atoms with Crippen molar-refractivity contribution in [1.82, 2.24) is 6.14 Å². The van der Waals surface area contributed by atoms with E-state index in [0.29, 0.717) is 13.2 Å². The van der Waals surface area contributed by atoms with Gasteiger partial charge in [0.15, 0.2) is 28.7 Å². The molecular weight excluding hydrogens is 1690 g/mol. The van der Waals surface area contributed by atoms with E-state index in [1.807, 2.05) is 4.93 Å². The van der Waals surface area contributed by atoms with E-state index in [1.165, 1.54) is 47.7 Å². The van der Waals surface area contributed by atoms with Crippen LogP contribution in [0.1, 0.15) is 241 Å². The molecule has 0 aliphatic carbocycles. The summed E-state index contributed by atoms with van der Waals surface area (Å²) in [7, 11) is 0. The van der Waals surface area contributed by atoms with Gasteiger partial charge in [0.1, 0.15) is 47.6 Å². The molecule has 0 aromatic carbocycles. The Morgan fingerprint density at radius 2 is 0.965 bits per heavy atom. The second-order valence-corrected chi connectivity index (χ2v) is 22.6. The number of Topliss-reactive ketones (excluding diaryl/α,β-unsaturated/α-hetero) is 6. The van der Waals surface area contributed by atoms with E-state index in [2.05, 4.69) is 51.9 Å². The van der Waals surface area contributed by atoms with E-state index >= 15 is 0 Å².